The molecule has 0 spiro atoms. The normalized spacial score (nSPS) is 10.8. The molecule has 5 nitrogen and oxygen atoms in total. The van der Waals surface area contributed by atoms with Crippen LogP contribution in [-0.4, -0.2) is 22.4 Å². The quantitative estimate of drug-likeness (QED) is 0.451. The molecule has 2 aromatic heterocycles. The van der Waals surface area contributed by atoms with Gasteiger partial charge in [0.25, 0.3) is 5.91 Å². The van der Waals surface area contributed by atoms with E-state index in [1.54, 1.807) is 12.1 Å². The van der Waals surface area contributed by atoms with Gasteiger partial charge in [-0.25, -0.2) is 13.8 Å². The molecule has 146 valence electrons. The van der Waals surface area contributed by atoms with Crippen molar-refractivity contribution < 1.29 is 13.6 Å². The van der Waals surface area contributed by atoms with Gasteiger partial charge in [-0.15, -0.1) is 0 Å². The minimum atomic E-state index is -0.957. The first-order valence-corrected chi connectivity index (χ1v) is 9.11. The van der Waals surface area contributed by atoms with Crippen LogP contribution in [0.15, 0.2) is 67.0 Å². The Morgan fingerprint density at radius 1 is 1.03 bits per heavy atom. The van der Waals surface area contributed by atoms with E-state index in [4.69, 9.17) is 0 Å². The van der Waals surface area contributed by atoms with E-state index in [1.165, 1.54) is 12.3 Å². The molecule has 0 saturated carbocycles. The van der Waals surface area contributed by atoms with Crippen LogP contribution in [-0.2, 0) is 6.42 Å². The average Bonchev–Trinajstić information content (AvgIpc) is 3.14. The highest BCUT2D eigenvalue weighted by Gasteiger charge is 2.09. The lowest BCUT2D eigenvalue weighted by molar-refractivity contribution is 0.0954. The molecule has 1 amide bonds. The second kappa shape index (κ2) is 8.10. The standard InChI is InChI=1S/C22H18F2N4O/c23-18-6-5-16(12-19(18)24)28-21-11-14(7-9-25-21)22(29)26-10-8-15-13-27-20-4-2-1-3-17(15)20/h1-7,9,11-13,27H,8,10H2,(H,25,28)(H,26,29). The first-order valence-electron chi connectivity index (χ1n) is 9.11. The number of nitrogens with one attached hydrogen (secondary N) is 3. The maximum absolute atomic E-state index is 13.3. The van der Waals surface area contributed by atoms with E-state index in [2.05, 4.69) is 20.6 Å². The lowest BCUT2D eigenvalue weighted by atomic mass is 10.1. The van der Waals surface area contributed by atoms with Gasteiger partial charge in [0.15, 0.2) is 11.6 Å². The van der Waals surface area contributed by atoms with Crippen LogP contribution in [0.5, 0.6) is 0 Å². The number of pyridine rings is 1. The maximum atomic E-state index is 13.3. The third kappa shape index (κ3) is 4.24. The van der Waals surface area contributed by atoms with Crippen molar-refractivity contribution in [2.24, 2.45) is 0 Å². The Morgan fingerprint density at radius 3 is 2.76 bits per heavy atom. The highest BCUT2D eigenvalue weighted by molar-refractivity contribution is 5.95. The molecule has 0 saturated heterocycles. The molecule has 0 aliphatic heterocycles. The van der Waals surface area contributed by atoms with Gasteiger partial charge in [0.05, 0.1) is 0 Å². The molecule has 29 heavy (non-hydrogen) atoms. The summed E-state index contributed by atoms with van der Waals surface area (Å²) in [7, 11) is 0. The predicted octanol–water partition coefficient (Wildman–Crippen LogP) is 4.56. The lowest BCUT2D eigenvalue weighted by Crippen LogP contribution is -2.25. The molecule has 4 rings (SSSR count). The summed E-state index contributed by atoms with van der Waals surface area (Å²) in [5.41, 5.74) is 2.96. The maximum Gasteiger partial charge on any atom is 0.251 e. The largest absolute Gasteiger partial charge is 0.361 e. The fourth-order valence-electron chi connectivity index (χ4n) is 3.11. The van der Waals surface area contributed by atoms with Crippen molar-refractivity contribution in [3.63, 3.8) is 0 Å². The summed E-state index contributed by atoms with van der Waals surface area (Å²) in [5.74, 6) is -1.76. The van der Waals surface area contributed by atoms with Crippen molar-refractivity contribution in [1.29, 1.82) is 0 Å². The number of halogens is 2. The highest BCUT2D eigenvalue weighted by atomic mass is 19.2. The first kappa shape index (κ1) is 18.6. The van der Waals surface area contributed by atoms with Crippen LogP contribution in [0.1, 0.15) is 15.9 Å². The van der Waals surface area contributed by atoms with Crippen molar-refractivity contribution >= 4 is 28.3 Å². The number of hydrogen-bond donors (Lipinski definition) is 3. The van der Waals surface area contributed by atoms with Crippen molar-refractivity contribution in [2.75, 3.05) is 11.9 Å². The number of amides is 1. The topological polar surface area (TPSA) is 69.8 Å². The van der Waals surface area contributed by atoms with Crippen LogP contribution in [0.4, 0.5) is 20.3 Å². The predicted molar refractivity (Wildman–Crippen MR) is 108 cm³/mol. The molecule has 0 aliphatic carbocycles. The number of benzene rings is 2. The van der Waals surface area contributed by atoms with E-state index >= 15 is 0 Å². The van der Waals surface area contributed by atoms with Crippen molar-refractivity contribution in [2.45, 2.75) is 6.42 Å². The average molecular weight is 392 g/mol. The number of aromatic nitrogens is 2. The Labute approximate surface area is 165 Å². The third-order valence-electron chi connectivity index (χ3n) is 4.57. The van der Waals surface area contributed by atoms with Gasteiger partial charge >= 0.3 is 0 Å². The number of para-hydroxylation sites is 1. The number of carbonyl (C=O) groups is 1. The van der Waals surface area contributed by atoms with Gasteiger partial charge in [0, 0.05) is 47.2 Å². The Kier molecular flexibility index (Phi) is 5.20. The monoisotopic (exact) mass is 392 g/mol. The molecule has 0 fully saturated rings. The van der Waals surface area contributed by atoms with Gasteiger partial charge in [0.1, 0.15) is 5.82 Å². The molecule has 3 N–H and O–H groups in total. The molecule has 7 heteroatoms. The van der Waals surface area contributed by atoms with Crippen LogP contribution in [0.25, 0.3) is 10.9 Å². The number of H-pyrrole nitrogens is 1. The number of hydrogen-bond acceptors (Lipinski definition) is 3. The van der Waals surface area contributed by atoms with Crippen LogP contribution in [0, 0.1) is 11.6 Å². The zero-order valence-electron chi connectivity index (χ0n) is 15.4. The molecule has 0 aliphatic rings. The zero-order chi connectivity index (χ0) is 20.2. The van der Waals surface area contributed by atoms with Crippen molar-refractivity contribution in [3.8, 4) is 0 Å². The van der Waals surface area contributed by atoms with E-state index in [0.717, 1.165) is 28.6 Å². The minimum absolute atomic E-state index is 0.236. The molecule has 2 aromatic carbocycles. The molecule has 4 aromatic rings. The van der Waals surface area contributed by atoms with E-state index in [1.807, 2.05) is 30.5 Å². The molecule has 0 bridgehead atoms. The van der Waals surface area contributed by atoms with Crippen LogP contribution in [0.2, 0.25) is 0 Å². The smallest absolute Gasteiger partial charge is 0.251 e. The van der Waals surface area contributed by atoms with E-state index < -0.39 is 11.6 Å². The summed E-state index contributed by atoms with van der Waals surface area (Å²) in [6, 6.07) is 14.6. The van der Waals surface area contributed by atoms with Gasteiger partial charge in [-0.1, -0.05) is 18.2 Å². The number of fused-ring (bicyclic) bond motifs is 1. The molecular formula is C22H18F2N4O. The zero-order valence-corrected chi connectivity index (χ0v) is 15.4. The third-order valence-corrected chi connectivity index (χ3v) is 4.57. The number of nitrogens with zero attached hydrogens (tertiary/aromatic N) is 1. The Morgan fingerprint density at radius 2 is 1.90 bits per heavy atom. The highest BCUT2D eigenvalue weighted by Crippen LogP contribution is 2.19. The Balaban J connectivity index is 1.38. The minimum Gasteiger partial charge on any atom is -0.361 e. The number of anilines is 2. The molecular weight excluding hydrogens is 374 g/mol. The van der Waals surface area contributed by atoms with Crippen molar-refractivity contribution in [3.05, 3.63) is 89.8 Å². The molecule has 0 atom stereocenters. The summed E-state index contributed by atoms with van der Waals surface area (Å²) in [5, 5.41) is 6.90. The summed E-state index contributed by atoms with van der Waals surface area (Å²) in [4.78, 5) is 19.8. The first-order chi connectivity index (χ1) is 14.1. The fourth-order valence-corrected chi connectivity index (χ4v) is 3.11. The van der Waals surface area contributed by atoms with Crippen LogP contribution < -0.4 is 10.6 Å². The number of aromatic amines is 1. The van der Waals surface area contributed by atoms with Gasteiger partial charge in [-0.2, -0.15) is 0 Å². The lowest BCUT2D eigenvalue weighted by Gasteiger charge is -2.09. The Bertz CT molecular complexity index is 1170. The van der Waals surface area contributed by atoms with Crippen molar-refractivity contribution in [1.82, 2.24) is 15.3 Å². The number of carbonyl (C=O) groups excluding carboxylic acids is 1. The van der Waals surface area contributed by atoms with Crippen LogP contribution in [0.3, 0.4) is 0 Å². The second-order valence-corrected chi connectivity index (χ2v) is 6.55. The van der Waals surface area contributed by atoms with E-state index in [0.29, 0.717) is 30.0 Å². The second-order valence-electron chi connectivity index (χ2n) is 6.55. The van der Waals surface area contributed by atoms with E-state index in [9.17, 15) is 13.6 Å². The van der Waals surface area contributed by atoms with E-state index in [-0.39, 0.29) is 5.91 Å². The van der Waals surface area contributed by atoms with Gasteiger partial charge < -0.3 is 15.6 Å². The summed E-state index contributed by atoms with van der Waals surface area (Å²) in [6.45, 7) is 0.481. The van der Waals surface area contributed by atoms with Gasteiger partial charge in [-0.05, 0) is 42.3 Å². The summed E-state index contributed by atoms with van der Waals surface area (Å²) in [6.07, 6.45) is 4.13. The molecule has 0 unspecified atom stereocenters. The summed E-state index contributed by atoms with van der Waals surface area (Å²) < 4.78 is 26.4. The van der Waals surface area contributed by atoms with Crippen LogP contribution >= 0.6 is 0 Å². The van der Waals surface area contributed by atoms with Gasteiger partial charge in [-0.3, -0.25) is 4.79 Å². The SMILES string of the molecule is O=C(NCCc1c[nH]c2ccccc12)c1ccnc(Nc2ccc(F)c(F)c2)c1. The molecule has 2 heterocycles. The number of rotatable bonds is 6. The van der Waals surface area contributed by atoms with Gasteiger partial charge in [0.2, 0.25) is 0 Å². The molecule has 0 radical (unpaired) electrons. The summed E-state index contributed by atoms with van der Waals surface area (Å²) >= 11 is 0. The fraction of sp³-hybridized carbons (Fsp3) is 0.0909. The Hall–Kier alpha value is -3.74.